The van der Waals surface area contributed by atoms with Crippen molar-refractivity contribution in [3.63, 3.8) is 0 Å². The average molecular weight is 379 g/mol. The van der Waals surface area contributed by atoms with Crippen molar-refractivity contribution in [2.45, 2.75) is 19.4 Å². The molecule has 0 spiro atoms. The molecular formula is C20H22N6S. The molecule has 4 aromatic rings. The van der Waals surface area contributed by atoms with Gasteiger partial charge in [0.25, 0.3) is 0 Å². The van der Waals surface area contributed by atoms with Crippen molar-refractivity contribution < 1.29 is 0 Å². The fourth-order valence-corrected chi connectivity index (χ4v) is 5.02. The number of anilines is 2. The molecule has 2 unspecified atom stereocenters. The number of piperidine rings is 1. The normalized spacial score (nSPS) is 20.4. The molecule has 6 nitrogen and oxygen atoms in total. The predicted octanol–water partition coefficient (Wildman–Crippen LogP) is 3.92. The van der Waals surface area contributed by atoms with E-state index in [0.29, 0.717) is 12.0 Å². The van der Waals surface area contributed by atoms with Gasteiger partial charge in [-0.3, -0.25) is 0 Å². The largest absolute Gasteiger partial charge is 0.354 e. The molecule has 1 saturated heterocycles. The van der Waals surface area contributed by atoms with Gasteiger partial charge >= 0.3 is 0 Å². The lowest BCUT2D eigenvalue weighted by molar-refractivity contribution is 0.367. The van der Waals surface area contributed by atoms with Crippen LogP contribution in [-0.4, -0.2) is 46.1 Å². The molecule has 4 heterocycles. The molecule has 1 aliphatic heterocycles. The summed E-state index contributed by atoms with van der Waals surface area (Å²) in [6, 6.07) is 10.8. The van der Waals surface area contributed by atoms with Gasteiger partial charge in [0.1, 0.15) is 17.8 Å². The number of fused-ring (bicyclic) bond motifs is 2. The number of H-pyrrole nitrogens is 1. The van der Waals surface area contributed by atoms with Gasteiger partial charge in [0.05, 0.1) is 21.6 Å². The van der Waals surface area contributed by atoms with Gasteiger partial charge in [0.2, 0.25) is 0 Å². The molecule has 1 aliphatic rings. The van der Waals surface area contributed by atoms with Crippen molar-refractivity contribution in [3.05, 3.63) is 42.9 Å². The van der Waals surface area contributed by atoms with Crippen LogP contribution in [0.15, 0.2) is 42.9 Å². The maximum Gasteiger partial charge on any atom is 0.186 e. The summed E-state index contributed by atoms with van der Waals surface area (Å²) >= 11 is 1.78. The first-order valence-electron chi connectivity index (χ1n) is 9.32. The number of nitrogens with zero attached hydrogens (tertiary/aromatic N) is 5. The molecular weight excluding hydrogens is 356 g/mol. The second-order valence-corrected chi connectivity index (χ2v) is 8.30. The standard InChI is InChI=1S/C20H22N6S/c1-13-8-10-26(20-24-15-5-3-4-6-17(15)27-20)11-16(13)25(2)19-14-7-9-21-18(14)22-12-23-19/h3-7,9,12-13,16H,8,10-11H2,1-2H3,(H,21,22,23). The van der Waals surface area contributed by atoms with Gasteiger partial charge < -0.3 is 14.8 Å². The van der Waals surface area contributed by atoms with Gasteiger partial charge in [0, 0.05) is 26.3 Å². The molecule has 1 aromatic carbocycles. The molecule has 3 aromatic heterocycles. The van der Waals surface area contributed by atoms with Crippen molar-refractivity contribution in [2.24, 2.45) is 5.92 Å². The number of thiazole rings is 1. The van der Waals surface area contributed by atoms with Crippen LogP contribution in [0.1, 0.15) is 13.3 Å². The first-order chi connectivity index (χ1) is 13.2. The predicted molar refractivity (Wildman–Crippen MR) is 112 cm³/mol. The Kier molecular flexibility index (Phi) is 3.97. The lowest BCUT2D eigenvalue weighted by Gasteiger charge is -2.42. The Morgan fingerprint density at radius 1 is 1.22 bits per heavy atom. The Morgan fingerprint density at radius 2 is 2.11 bits per heavy atom. The van der Waals surface area contributed by atoms with Crippen LogP contribution >= 0.6 is 11.3 Å². The Hall–Kier alpha value is -2.67. The van der Waals surface area contributed by atoms with Crippen LogP contribution in [0.4, 0.5) is 10.9 Å². The summed E-state index contributed by atoms with van der Waals surface area (Å²) in [5.74, 6) is 1.58. The fourth-order valence-electron chi connectivity index (χ4n) is 4.02. The highest BCUT2D eigenvalue weighted by atomic mass is 32.1. The van der Waals surface area contributed by atoms with Crippen LogP contribution in [0.2, 0.25) is 0 Å². The van der Waals surface area contributed by atoms with Gasteiger partial charge in [0.15, 0.2) is 5.13 Å². The minimum absolute atomic E-state index is 0.374. The van der Waals surface area contributed by atoms with E-state index in [1.165, 1.54) is 4.70 Å². The summed E-state index contributed by atoms with van der Waals surface area (Å²) in [4.78, 5) is 21.7. The van der Waals surface area contributed by atoms with Gasteiger partial charge in [-0.15, -0.1) is 0 Å². The zero-order chi connectivity index (χ0) is 18.4. The lowest BCUT2D eigenvalue weighted by atomic mass is 9.92. The molecule has 5 rings (SSSR count). The maximum absolute atomic E-state index is 4.86. The summed E-state index contributed by atoms with van der Waals surface area (Å²) in [5, 5.41) is 2.19. The van der Waals surface area contributed by atoms with E-state index in [9.17, 15) is 0 Å². The van der Waals surface area contributed by atoms with Crippen molar-refractivity contribution in [1.82, 2.24) is 19.9 Å². The van der Waals surface area contributed by atoms with Crippen molar-refractivity contribution in [1.29, 1.82) is 0 Å². The smallest absolute Gasteiger partial charge is 0.186 e. The van der Waals surface area contributed by atoms with E-state index in [4.69, 9.17) is 4.98 Å². The minimum Gasteiger partial charge on any atom is -0.354 e. The van der Waals surface area contributed by atoms with Crippen LogP contribution in [0.25, 0.3) is 21.3 Å². The van der Waals surface area contributed by atoms with E-state index in [1.54, 1.807) is 17.7 Å². The van der Waals surface area contributed by atoms with E-state index in [0.717, 1.165) is 47.0 Å². The number of hydrogen-bond acceptors (Lipinski definition) is 6. The first-order valence-corrected chi connectivity index (χ1v) is 10.1. The van der Waals surface area contributed by atoms with E-state index in [2.05, 4.69) is 69.1 Å². The number of para-hydroxylation sites is 1. The molecule has 1 fully saturated rings. The summed E-state index contributed by atoms with van der Waals surface area (Å²) in [6.07, 6.45) is 4.71. The van der Waals surface area contributed by atoms with Crippen molar-refractivity contribution in [3.8, 4) is 0 Å². The summed E-state index contributed by atoms with van der Waals surface area (Å²) in [6.45, 7) is 4.34. The molecule has 0 radical (unpaired) electrons. The molecule has 0 aliphatic carbocycles. The molecule has 2 atom stereocenters. The van der Waals surface area contributed by atoms with E-state index in [1.807, 2.05) is 6.20 Å². The summed E-state index contributed by atoms with van der Waals surface area (Å²) < 4.78 is 1.25. The number of likely N-dealkylation sites (N-methyl/N-ethyl adjacent to an activating group) is 1. The number of benzene rings is 1. The second-order valence-electron chi connectivity index (χ2n) is 7.29. The van der Waals surface area contributed by atoms with E-state index >= 15 is 0 Å². The Balaban J connectivity index is 1.45. The topological polar surface area (TPSA) is 60.9 Å². The lowest BCUT2D eigenvalue weighted by Crippen LogP contribution is -2.51. The summed E-state index contributed by atoms with van der Waals surface area (Å²) in [7, 11) is 2.15. The Bertz CT molecular complexity index is 1050. The van der Waals surface area contributed by atoms with Gasteiger partial charge in [-0.2, -0.15) is 0 Å². The molecule has 1 N–H and O–H groups in total. The maximum atomic E-state index is 4.86. The monoisotopic (exact) mass is 378 g/mol. The third kappa shape index (κ3) is 2.82. The molecule has 138 valence electrons. The first kappa shape index (κ1) is 16.5. The molecule has 0 saturated carbocycles. The van der Waals surface area contributed by atoms with Crippen LogP contribution in [0, 0.1) is 5.92 Å². The Labute approximate surface area is 161 Å². The SMILES string of the molecule is CC1CCN(c2nc3ccccc3s2)CC1N(C)c1ncnc2[nH]ccc12. The zero-order valence-electron chi connectivity index (χ0n) is 15.5. The summed E-state index contributed by atoms with van der Waals surface area (Å²) in [5.41, 5.74) is 1.98. The molecule has 0 bridgehead atoms. The third-order valence-corrected chi connectivity index (χ3v) is 6.73. The highest BCUT2D eigenvalue weighted by Gasteiger charge is 2.32. The van der Waals surface area contributed by atoms with E-state index < -0.39 is 0 Å². The minimum atomic E-state index is 0.374. The molecule has 27 heavy (non-hydrogen) atoms. The average Bonchev–Trinajstić information content (AvgIpc) is 3.34. The molecule has 7 heteroatoms. The number of nitrogens with one attached hydrogen (secondary N) is 1. The van der Waals surface area contributed by atoms with Gasteiger partial charge in [-0.1, -0.05) is 30.4 Å². The molecule has 0 amide bonds. The number of rotatable bonds is 3. The number of aromatic amines is 1. The van der Waals surface area contributed by atoms with E-state index in [-0.39, 0.29) is 0 Å². The van der Waals surface area contributed by atoms with Crippen molar-refractivity contribution in [2.75, 3.05) is 29.9 Å². The van der Waals surface area contributed by atoms with Crippen LogP contribution in [0.5, 0.6) is 0 Å². The quantitative estimate of drug-likeness (QED) is 0.585. The number of hydrogen-bond donors (Lipinski definition) is 1. The van der Waals surface area contributed by atoms with Crippen LogP contribution < -0.4 is 9.80 Å². The van der Waals surface area contributed by atoms with Crippen LogP contribution in [0.3, 0.4) is 0 Å². The highest BCUT2D eigenvalue weighted by molar-refractivity contribution is 7.22. The zero-order valence-corrected chi connectivity index (χ0v) is 16.3. The third-order valence-electron chi connectivity index (χ3n) is 5.64. The van der Waals surface area contributed by atoms with Gasteiger partial charge in [-0.05, 0) is 30.5 Å². The highest BCUT2D eigenvalue weighted by Crippen LogP contribution is 2.34. The fraction of sp³-hybridized carbons (Fsp3) is 0.350. The number of aromatic nitrogens is 4. The Morgan fingerprint density at radius 3 is 3.00 bits per heavy atom. The second kappa shape index (κ2) is 6.49. The van der Waals surface area contributed by atoms with Crippen LogP contribution in [-0.2, 0) is 0 Å². The van der Waals surface area contributed by atoms with Gasteiger partial charge in [-0.25, -0.2) is 15.0 Å². The van der Waals surface area contributed by atoms with Crippen molar-refractivity contribution >= 4 is 43.5 Å².